The molecule has 3 saturated heterocycles. The predicted molar refractivity (Wildman–Crippen MR) is 122 cm³/mol. The van der Waals surface area contributed by atoms with Crippen LogP contribution >= 0.6 is 0 Å². The van der Waals surface area contributed by atoms with Gasteiger partial charge in [-0.15, -0.1) is 0 Å². The van der Waals surface area contributed by atoms with E-state index in [4.69, 9.17) is 9.47 Å². The van der Waals surface area contributed by atoms with Gasteiger partial charge in [-0.05, 0) is 43.9 Å². The Morgan fingerprint density at radius 3 is 2.38 bits per heavy atom. The summed E-state index contributed by atoms with van der Waals surface area (Å²) in [5.41, 5.74) is 0.395. The summed E-state index contributed by atoms with van der Waals surface area (Å²) < 4.78 is 39.4. The Labute approximate surface area is 191 Å². The van der Waals surface area contributed by atoms with Crippen LogP contribution in [-0.4, -0.2) is 94.1 Å². The van der Waals surface area contributed by atoms with Crippen LogP contribution in [0.1, 0.15) is 48.9 Å². The maximum atomic E-state index is 13.4. The van der Waals surface area contributed by atoms with Gasteiger partial charge in [-0.1, -0.05) is 12.8 Å². The fraction of sp³-hybridized carbons (Fsp3) is 0.696. The summed E-state index contributed by atoms with van der Waals surface area (Å²) >= 11 is 0. The number of ether oxygens (including phenoxy) is 2. The summed E-state index contributed by atoms with van der Waals surface area (Å²) in [6, 6.07) is 4.77. The first kappa shape index (κ1) is 23.5. The normalized spacial score (nSPS) is 23.8. The van der Waals surface area contributed by atoms with Crippen LogP contribution in [0.2, 0.25) is 0 Å². The van der Waals surface area contributed by atoms with Crippen LogP contribution in [-0.2, 0) is 14.8 Å². The largest absolute Gasteiger partial charge is 0.495 e. The fourth-order valence-electron chi connectivity index (χ4n) is 4.82. The minimum atomic E-state index is -3.72. The SMILES string of the molecule is COc1ccc(C(=O)N2CCN(CC3CCCO3)CC2)cc1S(=O)(=O)N1CCCCCC1. The summed E-state index contributed by atoms with van der Waals surface area (Å²) in [7, 11) is -2.26. The molecule has 3 fully saturated rings. The van der Waals surface area contributed by atoms with Gasteiger partial charge >= 0.3 is 0 Å². The molecule has 1 amide bonds. The zero-order valence-corrected chi connectivity index (χ0v) is 19.8. The van der Waals surface area contributed by atoms with E-state index in [1.165, 1.54) is 17.5 Å². The number of carbonyl (C=O) groups excluding carboxylic acids is 1. The molecule has 178 valence electrons. The van der Waals surface area contributed by atoms with Crippen molar-refractivity contribution in [2.45, 2.75) is 49.5 Å². The second-order valence-electron chi connectivity index (χ2n) is 8.91. The maximum Gasteiger partial charge on any atom is 0.253 e. The van der Waals surface area contributed by atoms with E-state index in [1.807, 2.05) is 4.90 Å². The molecule has 1 atom stereocenters. The van der Waals surface area contributed by atoms with Crippen molar-refractivity contribution in [1.29, 1.82) is 0 Å². The highest BCUT2D eigenvalue weighted by Gasteiger charge is 2.31. The summed E-state index contributed by atoms with van der Waals surface area (Å²) in [4.78, 5) is 17.4. The van der Waals surface area contributed by atoms with Crippen LogP contribution in [0.5, 0.6) is 5.75 Å². The quantitative estimate of drug-likeness (QED) is 0.641. The number of hydrogen-bond acceptors (Lipinski definition) is 6. The Balaban J connectivity index is 1.46. The first-order valence-corrected chi connectivity index (χ1v) is 13.2. The van der Waals surface area contributed by atoms with Gasteiger partial charge in [0.25, 0.3) is 5.91 Å². The average molecular weight is 466 g/mol. The van der Waals surface area contributed by atoms with Gasteiger partial charge in [-0.3, -0.25) is 9.69 Å². The van der Waals surface area contributed by atoms with Gasteiger partial charge in [0, 0.05) is 58.0 Å². The molecule has 8 nitrogen and oxygen atoms in total. The molecular formula is C23H35N3O5S. The van der Waals surface area contributed by atoms with Gasteiger partial charge in [-0.2, -0.15) is 4.31 Å². The Morgan fingerprint density at radius 1 is 1.03 bits per heavy atom. The van der Waals surface area contributed by atoms with E-state index in [2.05, 4.69) is 4.90 Å². The molecule has 32 heavy (non-hydrogen) atoms. The van der Waals surface area contributed by atoms with Crippen LogP contribution in [0.25, 0.3) is 0 Å². The minimum Gasteiger partial charge on any atom is -0.495 e. The van der Waals surface area contributed by atoms with Crippen molar-refractivity contribution in [3.8, 4) is 5.75 Å². The molecule has 0 spiro atoms. The lowest BCUT2D eigenvalue weighted by Gasteiger charge is -2.35. The molecule has 3 aliphatic rings. The topological polar surface area (TPSA) is 79.4 Å². The lowest BCUT2D eigenvalue weighted by atomic mass is 10.1. The first-order valence-electron chi connectivity index (χ1n) is 11.8. The summed E-state index contributed by atoms with van der Waals surface area (Å²) in [6.45, 7) is 5.66. The molecule has 4 rings (SSSR count). The first-order chi connectivity index (χ1) is 15.5. The molecule has 0 aromatic heterocycles. The van der Waals surface area contributed by atoms with Gasteiger partial charge in [0.05, 0.1) is 13.2 Å². The number of hydrogen-bond donors (Lipinski definition) is 0. The third-order valence-electron chi connectivity index (χ3n) is 6.74. The minimum absolute atomic E-state index is 0.0877. The van der Waals surface area contributed by atoms with Crippen molar-refractivity contribution in [2.24, 2.45) is 0 Å². The zero-order chi connectivity index (χ0) is 22.6. The molecule has 0 N–H and O–H groups in total. The zero-order valence-electron chi connectivity index (χ0n) is 19.0. The van der Waals surface area contributed by atoms with E-state index in [0.717, 1.165) is 64.8 Å². The third kappa shape index (κ3) is 5.27. The van der Waals surface area contributed by atoms with Crippen molar-refractivity contribution < 1.29 is 22.7 Å². The second kappa shape index (κ2) is 10.5. The number of benzene rings is 1. The Hall–Kier alpha value is -1.68. The van der Waals surface area contributed by atoms with E-state index in [1.54, 1.807) is 12.1 Å². The Bertz CT molecular complexity index is 885. The fourth-order valence-corrected chi connectivity index (χ4v) is 6.52. The van der Waals surface area contributed by atoms with Gasteiger partial charge in [0.2, 0.25) is 10.0 Å². The number of carbonyl (C=O) groups is 1. The van der Waals surface area contributed by atoms with Crippen molar-refractivity contribution in [3.05, 3.63) is 23.8 Å². The highest BCUT2D eigenvalue weighted by atomic mass is 32.2. The summed E-state index contributed by atoms with van der Waals surface area (Å²) in [5, 5.41) is 0. The molecule has 0 bridgehead atoms. The molecule has 0 aliphatic carbocycles. The van der Waals surface area contributed by atoms with Crippen LogP contribution < -0.4 is 4.74 Å². The van der Waals surface area contributed by atoms with Crippen molar-refractivity contribution in [1.82, 2.24) is 14.1 Å². The number of methoxy groups -OCH3 is 1. The number of sulfonamides is 1. The molecule has 1 aromatic carbocycles. The standard InChI is InChI=1S/C23H35N3O5S/c1-30-21-9-8-19(17-22(21)32(28,29)26-10-4-2-3-5-11-26)23(27)25-14-12-24(13-15-25)18-20-7-6-16-31-20/h8-9,17,20H,2-7,10-16,18H2,1H3. The van der Waals surface area contributed by atoms with Crippen molar-refractivity contribution >= 4 is 15.9 Å². The number of amides is 1. The second-order valence-corrected chi connectivity index (χ2v) is 10.8. The van der Waals surface area contributed by atoms with Crippen molar-refractivity contribution in [3.63, 3.8) is 0 Å². The van der Waals surface area contributed by atoms with E-state index >= 15 is 0 Å². The average Bonchev–Trinajstić information content (AvgIpc) is 3.16. The van der Waals surface area contributed by atoms with E-state index < -0.39 is 10.0 Å². The van der Waals surface area contributed by atoms with Crippen LogP contribution in [0.15, 0.2) is 23.1 Å². The summed E-state index contributed by atoms with van der Waals surface area (Å²) in [5.74, 6) is 0.156. The van der Waals surface area contributed by atoms with Crippen LogP contribution in [0.3, 0.4) is 0 Å². The Kier molecular flexibility index (Phi) is 7.70. The molecule has 1 aromatic rings. The molecule has 0 radical (unpaired) electrons. The van der Waals surface area contributed by atoms with Crippen LogP contribution in [0.4, 0.5) is 0 Å². The number of rotatable bonds is 6. The highest BCUT2D eigenvalue weighted by molar-refractivity contribution is 7.89. The molecule has 0 saturated carbocycles. The monoisotopic (exact) mass is 465 g/mol. The van der Waals surface area contributed by atoms with E-state index in [9.17, 15) is 13.2 Å². The molecule has 9 heteroatoms. The third-order valence-corrected chi connectivity index (χ3v) is 8.66. The summed E-state index contributed by atoms with van der Waals surface area (Å²) in [6.07, 6.45) is 6.35. The molecule has 1 unspecified atom stereocenters. The van der Waals surface area contributed by atoms with Gasteiger partial charge in [0.1, 0.15) is 10.6 Å². The number of piperazine rings is 1. The van der Waals surface area contributed by atoms with Crippen molar-refractivity contribution in [2.75, 3.05) is 59.5 Å². The van der Waals surface area contributed by atoms with Gasteiger partial charge in [0.15, 0.2) is 0 Å². The predicted octanol–water partition coefficient (Wildman–Crippen LogP) is 2.20. The lowest BCUT2D eigenvalue weighted by Crippen LogP contribution is -2.50. The van der Waals surface area contributed by atoms with E-state index in [0.29, 0.717) is 37.8 Å². The molecule has 3 aliphatic heterocycles. The smallest absolute Gasteiger partial charge is 0.253 e. The number of nitrogens with zero attached hydrogens (tertiary/aromatic N) is 3. The molecular weight excluding hydrogens is 430 g/mol. The van der Waals surface area contributed by atoms with Gasteiger partial charge < -0.3 is 14.4 Å². The maximum absolute atomic E-state index is 13.4. The molecule has 3 heterocycles. The van der Waals surface area contributed by atoms with E-state index in [-0.39, 0.29) is 16.6 Å². The Morgan fingerprint density at radius 2 is 1.75 bits per heavy atom. The van der Waals surface area contributed by atoms with Crippen LogP contribution in [0, 0.1) is 0 Å². The lowest BCUT2D eigenvalue weighted by molar-refractivity contribution is 0.0432. The highest BCUT2D eigenvalue weighted by Crippen LogP contribution is 2.30. The van der Waals surface area contributed by atoms with Gasteiger partial charge in [-0.25, -0.2) is 8.42 Å².